The maximum atomic E-state index is 9.93. The molecule has 0 amide bonds. The third kappa shape index (κ3) is 12.0. The fourth-order valence-electron chi connectivity index (χ4n) is 1.84. The van der Waals surface area contributed by atoms with Crippen LogP contribution in [-0.4, -0.2) is 26.5 Å². The SMILES string of the molecule is Cc1ccc(C[NH+](C)c2ccccc2)cc1.[F][Sb-]([F])([F])([F])([F])[F]. The van der Waals surface area contributed by atoms with Crippen molar-refractivity contribution in [2.24, 2.45) is 0 Å². The summed E-state index contributed by atoms with van der Waals surface area (Å²) < 4.78 is 59.6. The van der Waals surface area contributed by atoms with Gasteiger partial charge in [0.2, 0.25) is 0 Å². The number of quaternary nitrogens is 1. The van der Waals surface area contributed by atoms with Crippen molar-refractivity contribution >= 4 is 25.2 Å². The van der Waals surface area contributed by atoms with E-state index in [2.05, 4.69) is 68.6 Å². The first-order valence-electron chi connectivity index (χ1n) is 6.70. The van der Waals surface area contributed by atoms with Crippen molar-refractivity contribution < 1.29 is 21.8 Å². The molecule has 0 fully saturated rings. The Morgan fingerprint density at radius 3 is 1.65 bits per heavy atom. The molecule has 0 bridgehead atoms. The van der Waals surface area contributed by atoms with Gasteiger partial charge in [-0.2, -0.15) is 0 Å². The Morgan fingerprint density at radius 1 is 0.783 bits per heavy atom. The van der Waals surface area contributed by atoms with Gasteiger partial charge in [0.1, 0.15) is 12.2 Å². The summed E-state index contributed by atoms with van der Waals surface area (Å²) in [5, 5.41) is 0. The molecule has 1 N–H and O–H groups in total. The van der Waals surface area contributed by atoms with E-state index in [9.17, 15) is 16.9 Å². The fourth-order valence-corrected chi connectivity index (χ4v) is 1.84. The van der Waals surface area contributed by atoms with Crippen LogP contribution in [0.3, 0.4) is 0 Å². The zero-order valence-electron chi connectivity index (χ0n) is 12.6. The van der Waals surface area contributed by atoms with Gasteiger partial charge in [-0.3, -0.25) is 0 Å². The van der Waals surface area contributed by atoms with Gasteiger partial charge >= 0.3 is 36.4 Å². The monoisotopic (exact) mass is 447 g/mol. The van der Waals surface area contributed by atoms with Crippen LogP contribution in [0.5, 0.6) is 0 Å². The summed E-state index contributed by atoms with van der Waals surface area (Å²) >= 11 is -11.2. The fraction of sp³-hybridized carbons (Fsp3) is 0.200. The van der Waals surface area contributed by atoms with Crippen LogP contribution in [0.1, 0.15) is 11.1 Å². The minimum absolute atomic E-state index is 1.03. The molecule has 0 heterocycles. The molecule has 0 aliphatic carbocycles. The molecule has 0 aliphatic heterocycles. The van der Waals surface area contributed by atoms with Crippen molar-refractivity contribution in [3.05, 3.63) is 65.7 Å². The van der Waals surface area contributed by atoms with Crippen LogP contribution >= 0.6 is 0 Å². The molecule has 2 aromatic carbocycles. The van der Waals surface area contributed by atoms with E-state index in [-0.39, 0.29) is 0 Å². The van der Waals surface area contributed by atoms with Crippen molar-refractivity contribution in [3.63, 3.8) is 0 Å². The minimum atomic E-state index is -11.2. The van der Waals surface area contributed by atoms with Gasteiger partial charge in [0, 0.05) is 5.56 Å². The third-order valence-electron chi connectivity index (χ3n) is 2.86. The number of benzene rings is 2. The van der Waals surface area contributed by atoms with Crippen LogP contribution in [-0.2, 0) is 6.54 Å². The molecular formula is C15H18F6NSb. The Morgan fingerprint density at radius 2 is 1.22 bits per heavy atom. The molecule has 0 aromatic heterocycles. The van der Waals surface area contributed by atoms with Crippen molar-refractivity contribution in [1.82, 2.24) is 0 Å². The molecule has 0 radical (unpaired) electrons. The Balaban J connectivity index is 0.000000322. The number of aryl methyl sites for hydroxylation is 1. The van der Waals surface area contributed by atoms with E-state index in [1.54, 1.807) is 0 Å². The average Bonchev–Trinajstić information content (AvgIpc) is 2.39. The van der Waals surface area contributed by atoms with Crippen LogP contribution in [0, 0.1) is 6.92 Å². The van der Waals surface area contributed by atoms with Gasteiger partial charge in [-0.15, -0.1) is 0 Å². The zero-order chi connectivity index (χ0) is 17.8. The van der Waals surface area contributed by atoms with Gasteiger partial charge in [0.25, 0.3) is 0 Å². The van der Waals surface area contributed by atoms with Crippen molar-refractivity contribution in [3.8, 4) is 0 Å². The Kier molecular flexibility index (Phi) is 5.49. The second-order valence-electron chi connectivity index (χ2n) is 5.27. The number of rotatable bonds is 3. The summed E-state index contributed by atoms with van der Waals surface area (Å²) in [5.74, 6) is 0. The van der Waals surface area contributed by atoms with Gasteiger partial charge in [-0.1, -0.05) is 48.0 Å². The van der Waals surface area contributed by atoms with E-state index in [4.69, 9.17) is 0 Å². The average molecular weight is 448 g/mol. The molecule has 23 heavy (non-hydrogen) atoms. The predicted octanol–water partition coefficient (Wildman–Crippen LogP) is 4.48. The summed E-state index contributed by atoms with van der Waals surface area (Å²) in [7, 11) is 2.20. The van der Waals surface area contributed by atoms with Crippen LogP contribution in [0.15, 0.2) is 54.6 Å². The van der Waals surface area contributed by atoms with Gasteiger partial charge in [0.05, 0.1) is 7.05 Å². The first-order chi connectivity index (χ1) is 10.2. The van der Waals surface area contributed by atoms with E-state index in [0.29, 0.717) is 0 Å². The number of nitrogens with one attached hydrogen (secondary N) is 1. The summed E-state index contributed by atoms with van der Waals surface area (Å²) in [5.41, 5.74) is 4.04. The molecule has 1 atom stereocenters. The molecule has 2 aromatic rings. The van der Waals surface area contributed by atoms with Crippen molar-refractivity contribution in [1.29, 1.82) is 0 Å². The summed E-state index contributed by atoms with van der Waals surface area (Å²) in [6.07, 6.45) is 0. The van der Waals surface area contributed by atoms with E-state index < -0.39 is 19.5 Å². The molecule has 0 aliphatic rings. The van der Waals surface area contributed by atoms with Crippen molar-refractivity contribution in [2.75, 3.05) is 7.05 Å². The second kappa shape index (κ2) is 6.36. The summed E-state index contributed by atoms with van der Waals surface area (Å²) in [4.78, 5) is 1.42. The maximum absolute atomic E-state index is 11.2. The third-order valence-corrected chi connectivity index (χ3v) is 2.86. The summed E-state index contributed by atoms with van der Waals surface area (Å²) in [6.45, 7) is 3.15. The van der Waals surface area contributed by atoms with E-state index in [1.807, 2.05) is 0 Å². The molecule has 130 valence electrons. The Hall–Kier alpha value is -1.20. The predicted molar refractivity (Wildman–Crippen MR) is 80.3 cm³/mol. The molecular weight excluding hydrogens is 430 g/mol. The van der Waals surface area contributed by atoms with E-state index >= 15 is 0 Å². The molecule has 0 saturated carbocycles. The normalized spacial score (nSPS) is 15.7. The molecule has 2 rings (SSSR count). The van der Waals surface area contributed by atoms with E-state index in [1.165, 1.54) is 21.7 Å². The van der Waals surface area contributed by atoms with Gasteiger partial charge < -0.3 is 4.90 Å². The second-order valence-corrected chi connectivity index (χ2v) is 10.7. The topological polar surface area (TPSA) is 4.44 Å². The van der Waals surface area contributed by atoms with Gasteiger partial charge in [0.15, 0.2) is 0 Å². The standard InChI is InChI=1S/C15H17N.6FH.Sb/c1-13-8-10-14(11-9-13)12-16(2)15-6-4-3-5-7-15;;;;;;;/h3-11H,12H2,1-2H3;6*1H;/q;;;;;;;+5/p-5. The zero-order valence-corrected chi connectivity index (χ0v) is 15.2. The van der Waals surface area contributed by atoms with Crippen molar-refractivity contribution in [2.45, 2.75) is 13.5 Å². The first kappa shape index (κ1) is 19.8. The van der Waals surface area contributed by atoms with Crippen LogP contribution in [0.25, 0.3) is 0 Å². The van der Waals surface area contributed by atoms with Crippen LogP contribution in [0.4, 0.5) is 22.6 Å². The molecule has 8 heteroatoms. The van der Waals surface area contributed by atoms with E-state index in [0.717, 1.165) is 6.54 Å². The van der Waals surface area contributed by atoms with Crippen LogP contribution < -0.4 is 4.90 Å². The number of para-hydroxylation sites is 1. The number of hydrogen-bond donors (Lipinski definition) is 1. The first-order valence-corrected chi connectivity index (χ1v) is 12.5. The Bertz CT molecular complexity index is 611. The molecule has 1 nitrogen and oxygen atoms in total. The van der Waals surface area contributed by atoms with Crippen LogP contribution in [0.2, 0.25) is 0 Å². The number of hydrogen-bond acceptors (Lipinski definition) is 0. The molecule has 0 saturated heterocycles. The number of halogens is 6. The Labute approximate surface area is 133 Å². The van der Waals surface area contributed by atoms with Gasteiger partial charge in [-0.05, 0) is 19.1 Å². The quantitative estimate of drug-likeness (QED) is 0.522. The molecule has 1 unspecified atom stereocenters. The summed E-state index contributed by atoms with van der Waals surface area (Å²) in [6, 6.07) is 19.3. The van der Waals surface area contributed by atoms with Gasteiger partial charge in [-0.25, -0.2) is 0 Å². The molecule has 0 spiro atoms.